The molecule has 3 aromatic rings. The van der Waals surface area contributed by atoms with E-state index in [4.69, 9.17) is 16.3 Å². The molecule has 0 bridgehead atoms. The average molecular weight is 563 g/mol. The van der Waals surface area contributed by atoms with Crippen LogP contribution in [0.15, 0.2) is 42.7 Å². The van der Waals surface area contributed by atoms with Gasteiger partial charge in [-0.25, -0.2) is 13.8 Å². The van der Waals surface area contributed by atoms with Crippen molar-refractivity contribution < 1.29 is 28.2 Å². The van der Waals surface area contributed by atoms with Crippen LogP contribution in [-0.2, 0) is 10.4 Å². The first-order chi connectivity index (χ1) is 18.2. The summed E-state index contributed by atoms with van der Waals surface area (Å²) in [6, 6.07) is 8.16. The van der Waals surface area contributed by atoms with Crippen LogP contribution in [0.5, 0.6) is 5.19 Å². The molecule has 1 aliphatic heterocycles. The Balaban J connectivity index is 1.26. The van der Waals surface area contributed by atoms with E-state index in [1.807, 2.05) is 12.1 Å². The second kappa shape index (κ2) is 10.5. The first-order valence-corrected chi connectivity index (χ1v) is 13.3. The fourth-order valence-electron chi connectivity index (χ4n) is 5.19. The van der Waals surface area contributed by atoms with E-state index in [2.05, 4.69) is 15.3 Å². The number of hydrogen-bond acceptors (Lipinski definition) is 7. The number of hydrogen-bond donors (Lipinski definition) is 2. The van der Waals surface area contributed by atoms with Crippen molar-refractivity contribution in [2.75, 3.05) is 18.6 Å². The average Bonchev–Trinajstić information content (AvgIpc) is 3.48. The molecule has 12 heteroatoms. The normalized spacial score (nSPS) is 23.0. The molecule has 0 saturated heterocycles. The molecule has 3 heterocycles. The van der Waals surface area contributed by atoms with Crippen LogP contribution in [-0.4, -0.2) is 46.6 Å². The number of pyridine rings is 1. The van der Waals surface area contributed by atoms with Gasteiger partial charge in [-0.2, -0.15) is 0 Å². The maximum Gasteiger partial charge on any atom is 0.281 e. The molecule has 0 radical (unpaired) electrons. The third kappa shape index (κ3) is 4.74. The third-order valence-electron chi connectivity index (χ3n) is 7.11. The van der Waals surface area contributed by atoms with Gasteiger partial charge in [0.25, 0.3) is 23.4 Å². The molecule has 38 heavy (non-hydrogen) atoms. The predicted octanol–water partition coefficient (Wildman–Crippen LogP) is 4.71. The Morgan fingerprint density at radius 3 is 2.68 bits per heavy atom. The predicted molar refractivity (Wildman–Crippen MR) is 138 cm³/mol. The number of halogens is 3. The lowest BCUT2D eigenvalue weighted by atomic mass is 9.85. The number of aliphatic hydroxyl groups is 1. The number of thiazole rings is 1. The van der Waals surface area contributed by atoms with Gasteiger partial charge in [-0.05, 0) is 43.7 Å². The standard InChI is InChI=1S/C26H25ClF2N4O4S/c1-37-25-31-12-20(38-25)26(36)18-4-2-3-5-19(18)33(24(26)35)13-14-6-8-16(9-7-14)32-23(34)17-10-15(27)11-30-21(17)22(28)29/h2-5,10-12,14,16,22,36H,6-9,13H2,1H3,(H,32,34)/t14-,16-,26?. The van der Waals surface area contributed by atoms with Crippen LogP contribution in [0.25, 0.3) is 0 Å². The number of nitrogens with one attached hydrogen (secondary N) is 1. The maximum absolute atomic E-state index is 13.6. The molecule has 1 unspecified atom stereocenters. The van der Waals surface area contributed by atoms with Gasteiger partial charge in [0.1, 0.15) is 5.69 Å². The lowest BCUT2D eigenvalue weighted by molar-refractivity contribution is -0.132. The number of anilines is 1. The molecule has 8 nitrogen and oxygen atoms in total. The highest BCUT2D eigenvalue weighted by atomic mass is 35.5. The van der Waals surface area contributed by atoms with Crippen molar-refractivity contribution in [3.8, 4) is 5.19 Å². The summed E-state index contributed by atoms with van der Waals surface area (Å²) < 4.78 is 31.8. The highest BCUT2D eigenvalue weighted by Crippen LogP contribution is 2.47. The van der Waals surface area contributed by atoms with Crippen LogP contribution >= 0.6 is 22.9 Å². The van der Waals surface area contributed by atoms with Gasteiger partial charge in [0.2, 0.25) is 5.60 Å². The van der Waals surface area contributed by atoms with E-state index in [0.717, 1.165) is 17.5 Å². The zero-order chi connectivity index (χ0) is 27.0. The molecule has 1 atom stereocenters. The first kappa shape index (κ1) is 26.5. The number of nitrogens with zero attached hydrogens (tertiary/aromatic N) is 3. The summed E-state index contributed by atoms with van der Waals surface area (Å²) in [5.74, 6) is -0.941. The number of ether oxygens (including phenoxy) is 1. The van der Waals surface area contributed by atoms with Gasteiger partial charge in [-0.15, -0.1) is 0 Å². The van der Waals surface area contributed by atoms with Gasteiger partial charge >= 0.3 is 0 Å². The fraction of sp³-hybridized carbons (Fsp3) is 0.385. The van der Waals surface area contributed by atoms with E-state index in [-0.39, 0.29) is 22.5 Å². The Bertz CT molecular complexity index is 1360. The monoisotopic (exact) mass is 562 g/mol. The summed E-state index contributed by atoms with van der Waals surface area (Å²) >= 11 is 7.00. The summed E-state index contributed by atoms with van der Waals surface area (Å²) in [5, 5.41) is 14.9. The number of methoxy groups -OCH3 is 1. The van der Waals surface area contributed by atoms with Crippen molar-refractivity contribution in [2.45, 2.75) is 43.8 Å². The molecule has 200 valence electrons. The summed E-state index contributed by atoms with van der Waals surface area (Å²) in [6.45, 7) is 0.405. The Hall–Kier alpha value is -3.15. The summed E-state index contributed by atoms with van der Waals surface area (Å²) in [7, 11) is 1.48. The minimum Gasteiger partial charge on any atom is -0.473 e. The topological polar surface area (TPSA) is 105 Å². The van der Waals surface area contributed by atoms with Crippen LogP contribution in [0.4, 0.5) is 14.5 Å². The number of rotatable bonds is 7. The molecule has 2 N–H and O–H groups in total. The lowest BCUT2D eigenvalue weighted by Crippen LogP contribution is -2.44. The van der Waals surface area contributed by atoms with Crippen LogP contribution in [0.2, 0.25) is 5.02 Å². The van der Waals surface area contributed by atoms with Crippen LogP contribution in [0.1, 0.15) is 58.6 Å². The number of carbonyl (C=O) groups excluding carboxylic acids is 2. The second-order valence-corrected chi connectivity index (χ2v) is 10.8. The minimum atomic E-state index is -2.89. The molecule has 5 rings (SSSR count). The molecule has 1 aliphatic carbocycles. The summed E-state index contributed by atoms with van der Waals surface area (Å²) in [6.07, 6.45) is 2.32. The highest BCUT2D eigenvalue weighted by Gasteiger charge is 2.52. The number of amides is 2. The largest absolute Gasteiger partial charge is 0.473 e. The van der Waals surface area contributed by atoms with Gasteiger partial charge < -0.3 is 20.1 Å². The van der Waals surface area contributed by atoms with Gasteiger partial charge in [0, 0.05) is 30.5 Å². The van der Waals surface area contributed by atoms with E-state index in [0.29, 0.717) is 53.5 Å². The van der Waals surface area contributed by atoms with Crippen molar-refractivity contribution in [1.29, 1.82) is 0 Å². The lowest BCUT2D eigenvalue weighted by Gasteiger charge is -2.32. The maximum atomic E-state index is 13.6. The van der Waals surface area contributed by atoms with Gasteiger partial charge in [0.15, 0.2) is 0 Å². The molecular formula is C26H25ClF2N4O4S. The minimum absolute atomic E-state index is 0.107. The Kier molecular flexibility index (Phi) is 7.34. The second-order valence-electron chi connectivity index (χ2n) is 9.42. The van der Waals surface area contributed by atoms with Crippen molar-refractivity contribution in [3.05, 3.63) is 69.4 Å². The number of aromatic nitrogens is 2. The van der Waals surface area contributed by atoms with Crippen molar-refractivity contribution in [2.24, 2.45) is 5.92 Å². The Morgan fingerprint density at radius 2 is 2.00 bits per heavy atom. The molecule has 2 aromatic heterocycles. The van der Waals surface area contributed by atoms with Crippen molar-refractivity contribution >= 4 is 40.4 Å². The number of benzene rings is 1. The van der Waals surface area contributed by atoms with Gasteiger partial charge in [-0.3, -0.25) is 14.6 Å². The number of fused-ring (bicyclic) bond motifs is 1. The molecule has 2 aliphatic rings. The molecule has 1 saturated carbocycles. The Morgan fingerprint density at radius 1 is 1.26 bits per heavy atom. The molecule has 1 aromatic carbocycles. The van der Waals surface area contributed by atoms with Crippen molar-refractivity contribution in [1.82, 2.24) is 15.3 Å². The zero-order valence-corrected chi connectivity index (χ0v) is 21.9. The van der Waals surface area contributed by atoms with Crippen LogP contribution in [0.3, 0.4) is 0 Å². The van der Waals surface area contributed by atoms with Gasteiger partial charge in [-0.1, -0.05) is 41.1 Å². The fourth-order valence-corrected chi connectivity index (χ4v) is 6.18. The van der Waals surface area contributed by atoms with Crippen molar-refractivity contribution in [3.63, 3.8) is 0 Å². The Labute approximate surface area is 226 Å². The molecule has 1 fully saturated rings. The van der Waals surface area contributed by atoms with Crippen LogP contribution in [0, 0.1) is 5.92 Å². The highest BCUT2D eigenvalue weighted by molar-refractivity contribution is 7.13. The summed E-state index contributed by atoms with van der Waals surface area (Å²) in [4.78, 5) is 36.1. The van der Waals surface area contributed by atoms with Crippen LogP contribution < -0.4 is 15.0 Å². The van der Waals surface area contributed by atoms with E-state index in [9.17, 15) is 23.5 Å². The first-order valence-electron chi connectivity index (χ1n) is 12.1. The molecule has 0 spiro atoms. The number of para-hydroxylation sites is 1. The number of alkyl halides is 2. The van der Waals surface area contributed by atoms with E-state index >= 15 is 0 Å². The quantitative estimate of drug-likeness (QED) is 0.432. The molecular weight excluding hydrogens is 538 g/mol. The summed E-state index contributed by atoms with van der Waals surface area (Å²) in [5.41, 5.74) is -1.52. The third-order valence-corrected chi connectivity index (χ3v) is 8.39. The van der Waals surface area contributed by atoms with E-state index in [1.165, 1.54) is 19.4 Å². The van der Waals surface area contributed by atoms with E-state index < -0.39 is 29.5 Å². The smallest absolute Gasteiger partial charge is 0.281 e. The van der Waals surface area contributed by atoms with E-state index in [1.54, 1.807) is 17.0 Å². The van der Waals surface area contributed by atoms with Gasteiger partial charge in [0.05, 0.1) is 28.3 Å². The zero-order valence-electron chi connectivity index (χ0n) is 20.4. The SMILES string of the molecule is COc1ncc(C2(O)C(=O)N(C[C@H]3CC[C@H](NC(=O)c4cc(Cl)cnc4C(F)F)CC3)c3ccccc32)s1. The number of carbonyl (C=O) groups is 2. The molecule has 2 amide bonds.